The van der Waals surface area contributed by atoms with E-state index in [9.17, 15) is 9.59 Å². The minimum atomic E-state index is -0.391. The lowest BCUT2D eigenvalue weighted by Crippen LogP contribution is -2.34. The van der Waals surface area contributed by atoms with E-state index in [0.29, 0.717) is 32.5 Å². The number of carbonyl (C=O) groups excluding carboxylic acids is 2. The van der Waals surface area contributed by atoms with Gasteiger partial charge in [0.05, 0.1) is 31.3 Å². The SMILES string of the molecule is [2H]OC1CC(O[2H])CC(C(=O)OCCCCCCOC(C)=O)C1. The van der Waals surface area contributed by atoms with Crippen molar-refractivity contribution in [2.45, 2.75) is 64.1 Å². The molecule has 0 heterocycles. The van der Waals surface area contributed by atoms with Crippen LogP contribution < -0.4 is 0 Å². The van der Waals surface area contributed by atoms with Crippen LogP contribution in [0.15, 0.2) is 0 Å². The zero-order chi connectivity index (χ0) is 17.1. The normalized spacial score (nSPS) is 26.6. The van der Waals surface area contributed by atoms with Crippen molar-refractivity contribution >= 4 is 11.9 Å². The van der Waals surface area contributed by atoms with Crippen LogP contribution in [0.1, 0.15) is 51.9 Å². The van der Waals surface area contributed by atoms with Crippen LogP contribution in [0.3, 0.4) is 0 Å². The van der Waals surface area contributed by atoms with Gasteiger partial charge in [0.15, 0.2) is 0 Å². The van der Waals surface area contributed by atoms with Gasteiger partial charge in [0, 0.05) is 6.92 Å². The molecule has 2 unspecified atom stereocenters. The Labute approximate surface area is 128 Å². The van der Waals surface area contributed by atoms with Crippen molar-refractivity contribution < 1.29 is 29.3 Å². The first-order valence-corrected chi connectivity index (χ1v) is 7.60. The highest BCUT2D eigenvalue weighted by Gasteiger charge is 2.31. The monoisotopic (exact) mass is 304 g/mol. The van der Waals surface area contributed by atoms with Crippen molar-refractivity contribution in [2.75, 3.05) is 13.2 Å². The Morgan fingerprint density at radius 2 is 1.57 bits per heavy atom. The van der Waals surface area contributed by atoms with Crippen LogP contribution in [0.2, 0.25) is 0 Å². The minimum Gasteiger partial charge on any atom is -0.466 e. The highest BCUT2D eigenvalue weighted by molar-refractivity contribution is 5.72. The molecule has 0 spiro atoms. The molecule has 0 radical (unpaired) electrons. The second-order valence-electron chi connectivity index (χ2n) is 5.57. The third kappa shape index (κ3) is 8.02. The van der Waals surface area contributed by atoms with Crippen LogP contribution in [-0.2, 0) is 19.1 Å². The van der Waals surface area contributed by atoms with Gasteiger partial charge in [-0.1, -0.05) is 0 Å². The number of ether oxygens (including phenoxy) is 2. The zero-order valence-electron chi connectivity index (χ0n) is 14.5. The summed E-state index contributed by atoms with van der Waals surface area (Å²) >= 11 is 0. The molecule has 0 aromatic carbocycles. The molecule has 2 atom stereocenters. The van der Waals surface area contributed by atoms with Crippen molar-refractivity contribution in [2.24, 2.45) is 5.92 Å². The lowest BCUT2D eigenvalue weighted by Gasteiger charge is -2.28. The molecule has 1 saturated carbocycles. The van der Waals surface area contributed by atoms with Crippen molar-refractivity contribution in [1.29, 1.82) is 2.86 Å². The Balaban J connectivity index is 2.12. The minimum absolute atomic E-state index is 0.267. The van der Waals surface area contributed by atoms with E-state index >= 15 is 0 Å². The summed E-state index contributed by atoms with van der Waals surface area (Å²) in [4.78, 5) is 22.6. The average Bonchev–Trinajstić information content (AvgIpc) is 2.56. The first-order chi connectivity index (χ1) is 11.1. The number of rotatable bonds is 10. The van der Waals surface area contributed by atoms with Crippen molar-refractivity contribution in [3.8, 4) is 0 Å². The summed E-state index contributed by atoms with van der Waals surface area (Å²) in [7, 11) is 0. The zero-order valence-corrected chi connectivity index (χ0v) is 12.5. The molecule has 122 valence electrons. The van der Waals surface area contributed by atoms with Gasteiger partial charge >= 0.3 is 11.9 Å². The summed E-state index contributed by atoms with van der Waals surface area (Å²) < 4.78 is 24.0. The highest BCUT2D eigenvalue weighted by atomic mass is 16.5. The maximum atomic E-state index is 12.0. The van der Waals surface area contributed by atoms with Crippen molar-refractivity contribution in [1.82, 2.24) is 0 Å². The van der Waals surface area contributed by atoms with E-state index in [1.54, 1.807) is 0 Å². The predicted molar refractivity (Wildman–Crippen MR) is 75.4 cm³/mol. The molecule has 0 aromatic heterocycles. The number of aliphatic hydroxyl groups excluding tert-OH is 2. The van der Waals surface area contributed by atoms with E-state index in [0.717, 1.165) is 25.7 Å². The molecule has 0 aromatic rings. The third-order valence-electron chi connectivity index (χ3n) is 3.54. The quantitative estimate of drug-likeness (QED) is 0.465. The number of unbranched alkanes of at least 4 members (excludes halogenated alkanes) is 3. The number of aliphatic hydroxyl groups is 2. The maximum absolute atomic E-state index is 12.0. The molecule has 1 rings (SSSR count). The number of hydrogen-bond acceptors (Lipinski definition) is 6. The van der Waals surface area contributed by atoms with Gasteiger partial charge in [0.1, 0.15) is 0 Å². The highest BCUT2D eigenvalue weighted by Crippen LogP contribution is 2.25. The summed E-state index contributed by atoms with van der Waals surface area (Å²) in [5.41, 5.74) is 0. The van der Waals surface area contributed by atoms with Gasteiger partial charge in [-0.2, -0.15) is 0 Å². The van der Waals surface area contributed by atoms with Gasteiger partial charge in [-0.05, 0) is 44.9 Å². The van der Waals surface area contributed by atoms with Gasteiger partial charge in [-0.25, -0.2) is 0 Å². The van der Waals surface area contributed by atoms with Crippen LogP contribution >= 0.6 is 0 Å². The molecule has 2 N–H and O–H groups in total. The van der Waals surface area contributed by atoms with Gasteiger partial charge in [-0.15, -0.1) is 0 Å². The Kier molecular flexibility index (Phi) is 6.85. The van der Waals surface area contributed by atoms with E-state index in [-0.39, 0.29) is 17.9 Å². The Bertz CT molecular complexity index is 354. The Morgan fingerprint density at radius 3 is 2.10 bits per heavy atom. The number of esters is 2. The average molecular weight is 304 g/mol. The fourth-order valence-electron chi connectivity index (χ4n) is 2.47. The molecular weight excluding hydrogens is 276 g/mol. The van der Waals surface area contributed by atoms with Gasteiger partial charge in [-0.3, -0.25) is 9.59 Å². The van der Waals surface area contributed by atoms with Crippen LogP contribution in [0, 0.1) is 5.92 Å². The van der Waals surface area contributed by atoms with Gasteiger partial charge < -0.3 is 19.7 Å². The maximum Gasteiger partial charge on any atom is 0.309 e. The van der Waals surface area contributed by atoms with Crippen molar-refractivity contribution in [3.05, 3.63) is 0 Å². The largest absolute Gasteiger partial charge is 0.466 e. The first kappa shape index (κ1) is 14.8. The Morgan fingerprint density at radius 1 is 1.00 bits per heavy atom. The summed E-state index contributed by atoms with van der Waals surface area (Å²) in [5.74, 6) is -0.955. The fourth-order valence-corrected chi connectivity index (χ4v) is 2.47. The van der Waals surface area contributed by atoms with E-state index in [2.05, 4.69) is 10.2 Å². The molecule has 0 saturated heterocycles. The summed E-state index contributed by atoms with van der Waals surface area (Å²) in [6, 6.07) is 0. The van der Waals surface area contributed by atoms with Crippen LogP contribution in [0.5, 0.6) is 0 Å². The fraction of sp³-hybridized carbons (Fsp3) is 0.867. The molecule has 6 nitrogen and oxygen atoms in total. The molecule has 1 aliphatic carbocycles. The standard InChI is InChI=1S/C15H26O6/c1-11(16)20-6-4-2-3-5-7-21-15(19)12-8-13(17)10-14(18)9-12/h12-14,17-18H,2-10H2,1H3/i17D,18D. The molecule has 0 bridgehead atoms. The number of carbonyl (C=O) groups is 2. The third-order valence-corrected chi connectivity index (χ3v) is 3.54. The van der Waals surface area contributed by atoms with E-state index in [1.807, 2.05) is 0 Å². The summed E-state index contributed by atoms with van der Waals surface area (Å²) in [6.07, 6.45) is 3.93. The second kappa shape index (κ2) is 9.73. The predicted octanol–water partition coefficient (Wildman–Crippen LogP) is 1.17. The molecule has 1 aliphatic rings. The topological polar surface area (TPSA) is 93.1 Å². The van der Waals surface area contributed by atoms with Crippen LogP contribution in [-0.4, -0.2) is 50.4 Å². The first-order valence-electron chi connectivity index (χ1n) is 8.42. The van der Waals surface area contributed by atoms with Crippen LogP contribution in [0.4, 0.5) is 0 Å². The lowest BCUT2D eigenvalue weighted by molar-refractivity contribution is -0.153. The lowest BCUT2D eigenvalue weighted by atomic mass is 9.85. The van der Waals surface area contributed by atoms with Crippen molar-refractivity contribution in [3.63, 3.8) is 0 Å². The molecule has 1 fully saturated rings. The van der Waals surface area contributed by atoms with E-state index < -0.39 is 12.2 Å². The van der Waals surface area contributed by atoms with Crippen LogP contribution in [0.25, 0.3) is 0 Å². The smallest absolute Gasteiger partial charge is 0.309 e. The molecule has 0 amide bonds. The summed E-state index contributed by atoms with van der Waals surface area (Å²) in [6.45, 7) is 2.17. The molecule has 0 aliphatic heterocycles. The number of hydrogen-bond donors (Lipinski definition) is 2. The van der Waals surface area contributed by atoms with Gasteiger partial charge in [0.2, 0.25) is 2.86 Å². The second-order valence-corrected chi connectivity index (χ2v) is 5.57. The van der Waals surface area contributed by atoms with E-state index in [4.69, 9.17) is 12.3 Å². The molecular formula is C15H26O6. The van der Waals surface area contributed by atoms with E-state index in [1.165, 1.54) is 6.92 Å². The Hall–Kier alpha value is -1.14. The van der Waals surface area contributed by atoms with Gasteiger partial charge in [0.25, 0.3) is 0 Å². The molecule has 21 heavy (non-hydrogen) atoms. The molecule has 6 heteroatoms. The summed E-state index contributed by atoms with van der Waals surface area (Å²) in [5, 5.41) is 9.09.